The third-order valence-corrected chi connectivity index (χ3v) is 6.07. The molecule has 0 unspecified atom stereocenters. The molecule has 0 aromatic heterocycles. The molecule has 0 nitrogen and oxygen atoms in total. The van der Waals surface area contributed by atoms with Crippen LogP contribution in [-0.4, -0.2) is 0 Å². The molecule has 30 heavy (non-hydrogen) atoms. The maximum atomic E-state index is 14.5. The molecule has 3 aromatic carbocycles. The minimum absolute atomic E-state index is 0.0738. The standard InChI is InChI=1S/C27H25F3/c1-2-3-19-9-13-24(25(28)15-19)21-10-6-18(7-11-21)4-5-20-8-12-22-16-26(29)27(30)17-23(22)14-20/h8-9,12-18,21H,2-3,6-7,10-11H2,1H3. The highest BCUT2D eigenvalue weighted by molar-refractivity contribution is 5.84. The van der Waals surface area contributed by atoms with Gasteiger partial charge in [0.05, 0.1) is 0 Å². The van der Waals surface area contributed by atoms with Gasteiger partial charge in [0.25, 0.3) is 0 Å². The molecule has 3 heteroatoms. The van der Waals surface area contributed by atoms with Crippen LogP contribution in [0.2, 0.25) is 0 Å². The number of halogens is 3. The van der Waals surface area contributed by atoms with Gasteiger partial charge in [-0.3, -0.25) is 0 Å². The third-order valence-electron chi connectivity index (χ3n) is 6.07. The second kappa shape index (κ2) is 8.96. The lowest BCUT2D eigenvalue weighted by molar-refractivity contribution is 0.376. The van der Waals surface area contributed by atoms with Crippen molar-refractivity contribution in [3.8, 4) is 11.8 Å². The van der Waals surface area contributed by atoms with E-state index in [1.54, 1.807) is 18.2 Å². The lowest BCUT2D eigenvalue weighted by Crippen LogP contribution is -2.13. The minimum Gasteiger partial charge on any atom is -0.207 e. The SMILES string of the molecule is CCCc1ccc(C2CCC(C#Cc3ccc4cc(F)c(F)cc4c3)CC2)c(F)c1. The van der Waals surface area contributed by atoms with Crippen molar-refractivity contribution in [2.75, 3.05) is 0 Å². The molecule has 0 N–H and O–H groups in total. The normalized spacial score (nSPS) is 18.8. The molecular weight excluding hydrogens is 381 g/mol. The molecule has 154 valence electrons. The topological polar surface area (TPSA) is 0 Å². The smallest absolute Gasteiger partial charge is 0.159 e. The molecule has 1 aliphatic carbocycles. The van der Waals surface area contributed by atoms with Crippen molar-refractivity contribution in [3.05, 3.63) is 82.7 Å². The van der Waals surface area contributed by atoms with Crippen LogP contribution in [0.3, 0.4) is 0 Å². The van der Waals surface area contributed by atoms with Crippen molar-refractivity contribution >= 4 is 10.8 Å². The van der Waals surface area contributed by atoms with Gasteiger partial charge >= 0.3 is 0 Å². The zero-order valence-electron chi connectivity index (χ0n) is 17.2. The highest BCUT2D eigenvalue weighted by Crippen LogP contribution is 2.37. The molecule has 1 saturated carbocycles. The summed E-state index contributed by atoms with van der Waals surface area (Å²) in [5.41, 5.74) is 2.70. The average molecular weight is 406 g/mol. The fourth-order valence-corrected chi connectivity index (χ4v) is 4.40. The minimum atomic E-state index is -0.846. The number of hydrogen-bond acceptors (Lipinski definition) is 0. The van der Waals surface area contributed by atoms with Crippen molar-refractivity contribution in [2.45, 2.75) is 51.4 Å². The van der Waals surface area contributed by atoms with Crippen molar-refractivity contribution < 1.29 is 13.2 Å². The second-order valence-corrected chi connectivity index (χ2v) is 8.25. The van der Waals surface area contributed by atoms with Gasteiger partial charge in [-0.05, 0) is 90.3 Å². The van der Waals surface area contributed by atoms with Gasteiger partial charge < -0.3 is 0 Å². The first-order valence-corrected chi connectivity index (χ1v) is 10.7. The molecule has 4 rings (SSSR count). The van der Waals surface area contributed by atoms with Crippen LogP contribution in [-0.2, 0) is 6.42 Å². The Hall–Kier alpha value is -2.73. The maximum absolute atomic E-state index is 14.5. The monoisotopic (exact) mass is 406 g/mol. The van der Waals surface area contributed by atoms with E-state index in [2.05, 4.69) is 24.8 Å². The highest BCUT2D eigenvalue weighted by Gasteiger charge is 2.23. The Bertz CT molecular complexity index is 1110. The van der Waals surface area contributed by atoms with E-state index < -0.39 is 11.6 Å². The number of fused-ring (bicyclic) bond motifs is 1. The Kier molecular flexibility index (Phi) is 6.13. The Balaban J connectivity index is 1.41. The molecule has 1 aliphatic rings. The maximum Gasteiger partial charge on any atom is 0.159 e. The first kappa shape index (κ1) is 20.5. The first-order valence-electron chi connectivity index (χ1n) is 10.7. The molecule has 0 saturated heterocycles. The van der Waals surface area contributed by atoms with Gasteiger partial charge in [-0.15, -0.1) is 0 Å². The molecule has 0 aliphatic heterocycles. The van der Waals surface area contributed by atoms with Crippen molar-refractivity contribution in [1.29, 1.82) is 0 Å². The lowest BCUT2D eigenvalue weighted by Gasteiger charge is -2.26. The summed E-state index contributed by atoms with van der Waals surface area (Å²) in [5, 5.41) is 1.30. The largest absolute Gasteiger partial charge is 0.207 e. The quantitative estimate of drug-likeness (QED) is 0.394. The molecule has 0 heterocycles. The zero-order chi connectivity index (χ0) is 21.1. The summed E-state index contributed by atoms with van der Waals surface area (Å²) < 4.78 is 41.4. The van der Waals surface area contributed by atoms with Crippen LogP contribution < -0.4 is 0 Å². The summed E-state index contributed by atoms with van der Waals surface area (Å²) in [5.74, 6) is 5.30. The van der Waals surface area contributed by atoms with Gasteiger partial charge in [-0.25, -0.2) is 13.2 Å². The lowest BCUT2D eigenvalue weighted by atomic mass is 9.78. The van der Waals surface area contributed by atoms with Crippen LogP contribution >= 0.6 is 0 Å². The number of hydrogen-bond donors (Lipinski definition) is 0. The van der Waals surface area contributed by atoms with E-state index in [0.29, 0.717) is 10.8 Å². The molecule has 1 fully saturated rings. The fourth-order valence-electron chi connectivity index (χ4n) is 4.40. The Morgan fingerprint density at radius 2 is 1.53 bits per heavy atom. The van der Waals surface area contributed by atoms with E-state index in [9.17, 15) is 13.2 Å². The summed E-state index contributed by atoms with van der Waals surface area (Å²) in [6.07, 6.45) is 5.70. The highest BCUT2D eigenvalue weighted by atomic mass is 19.2. The Morgan fingerprint density at radius 1 is 0.800 bits per heavy atom. The van der Waals surface area contributed by atoms with Gasteiger partial charge in [-0.1, -0.05) is 43.4 Å². The summed E-state index contributed by atoms with van der Waals surface area (Å²) in [6, 6.07) is 13.5. The van der Waals surface area contributed by atoms with E-state index in [4.69, 9.17) is 0 Å². The molecular formula is C27H25F3. The van der Waals surface area contributed by atoms with Crippen LogP contribution in [0.25, 0.3) is 10.8 Å². The van der Waals surface area contributed by atoms with Crippen LogP contribution in [0, 0.1) is 35.2 Å². The van der Waals surface area contributed by atoms with Crippen LogP contribution in [0.1, 0.15) is 61.6 Å². The van der Waals surface area contributed by atoms with E-state index in [0.717, 1.165) is 55.2 Å². The Labute approximate surface area is 176 Å². The average Bonchev–Trinajstić information content (AvgIpc) is 2.74. The summed E-state index contributed by atoms with van der Waals surface area (Å²) in [7, 11) is 0. The van der Waals surface area contributed by atoms with Gasteiger partial charge in [0, 0.05) is 11.5 Å². The first-order chi connectivity index (χ1) is 14.5. The molecule has 0 atom stereocenters. The molecule has 0 bridgehead atoms. The van der Waals surface area contributed by atoms with E-state index in [-0.39, 0.29) is 17.7 Å². The summed E-state index contributed by atoms with van der Waals surface area (Å²) in [4.78, 5) is 0. The van der Waals surface area contributed by atoms with Crippen LogP contribution in [0.15, 0.2) is 48.5 Å². The summed E-state index contributed by atoms with van der Waals surface area (Å²) in [6.45, 7) is 2.10. The van der Waals surface area contributed by atoms with Gasteiger partial charge in [0.15, 0.2) is 11.6 Å². The van der Waals surface area contributed by atoms with Gasteiger partial charge in [-0.2, -0.15) is 0 Å². The van der Waals surface area contributed by atoms with E-state index >= 15 is 0 Å². The zero-order valence-corrected chi connectivity index (χ0v) is 17.2. The predicted octanol–water partition coefficient (Wildman–Crippen LogP) is 7.54. The van der Waals surface area contributed by atoms with Crippen LogP contribution in [0.5, 0.6) is 0 Å². The fraction of sp³-hybridized carbons (Fsp3) is 0.333. The Morgan fingerprint density at radius 3 is 2.23 bits per heavy atom. The van der Waals surface area contributed by atoms with Crippen molar-refractivity contribution in [2.24, 2.45) is 5.92 Å². The molecule has 0 spiro atoms. The molecule has 3 aromatic rings. The van der Waals surface area contributed by atoms with E-state index in [1.807, 2.05) is 12.1 Å². The van der Waals surface area contributed by atoms with Gasteiger partial charge in [0.2, 0.25) is 0 Å². The number of aryl methyl sites for hydroxylation is 1. The van der Waals surface area contributed by atoms with E-state index in [1.165, 1.54) is 12.1 Å². The van der Waals surface area contributed by atoms with Gasteiger partial charge in [0.1, 0.15) is 5.82 Å². The number of rotatable bonds is 3. The van der Waals surface area contributed by atoms with Crippen molar-refractivity contribution in [3.63, 3.8) is 0 Å². The third kappa shape index (κ3) is 4.54. The number of benzene rings is 3. The van der Waals surface area contributed by atoms with Crippen LogP contribution in [0.4, 0.5) is 13.2 Å². The van der Waals surface area contributed by atoms with Crippen molar-refractivity contribution in [1.82, 2.24) is 0 Å². The molecule has 0 amide bonds. The summed E-state index contributed by atoms with van der Waals surface area (Å²) >= 11 is 0. The second-order valence-electron chi connectivity index (χ2n) is 8.25. The molecule has 0 radical (unpaired) electrons. The predicted molar refractivity (Wildman–Crippen MR) is 116 cm³/mol.